The molecule has 0 aromatic carbocycles. The molecule has 3 heterocycles. The minimum Gasteiger partial charge on any atom is -0.394 e. The third-order valence-electron chi connectivity index (χ3n) is 3.26. The number of nitrogen functional groups attached to an aromatic ring is 1. The highest BCUT2D eigenvalue weighted by Crippen LogP contribution is 2.39. The number of nitrogens with two attached hydrogens (primary N) is 1. The summed E-state index contributed by atoms with van der Waals surface area (Å²) in [4.78, 5) is 12.0. The highest BCUT2D eigenvalue weighted by atomic mass is 35.5. The monoisotopic (exact) mass is 301 g/mol. The van der Waals surface area contributed by atoms with Crippen LogP contribution in [-0.2, 0) is 14.9 Å². The largest absolute Gasteiger partial charge is 0.394 e. The number of aliphatic hydroxyl groups is 2. The molecule has 0 aliphatic carbocycles. The van der Waals surface area contributed by atoms with E-state index in [1.165, 1.54) is 17.2 Å². The van der Waals surface area contributed by atoms with E-state index < -0.39 is 18.1 Å². The molecule has 10 heteroatoms. The van der Waals surface area contributed by atoms with Crippen LogP contribution in [0.4, 0.5) is 5.82 Å². The topological polar surface area (TPSA) is 129 Å². The summed E-state index contributed by atoms with van der Waals surface area (Å²) in [5.74, 6) is -1.31. The van der Waals surface area contributed by atoms with Gasteiger partial charge < -0.3 is 20.7 Å². The highest BCUT2D eigenvalue weighted by Gasteiger charge is 2.50. The number of halogens is 1. The fourth-order valence-electron chi connectivity index (χ4n) is 2.26. The number of hydrogen-bond acceptors (Lipinski definition) is 8. The zero-order chi connectivity index (χ0) is 14.3. The number of ether oxygens (including phenoxy) is 1. The van der Waals surface area contributed by atoms with Crippen molar-refractivity contribution in [1.29, 1.82) is 0 Å². The van der Waals surface area contributed by atoms with Crippen molar-refractivity contribution in [3.63, 3.8) is 0 Å². The van der Waals surface area contributed by atoms with Gasteiger partial charge in [-0.1, -0.05) is 0 Å². The van der Waals surface area contributed by atoms with Crippen LogP contribution in [0.3, 0.4) is 0 Å². The van der Waals surface area contributed by atoms with Gasteiger partial charge in [-0.05, 0) is 0 Å². The molecule has 9 nitrogen and oxygen atoms in total. The van der Waals surface area contributed by atoms with Gasteiger partial charge in [-0.2, -0.15) is 0 Å². The van der Waals surface area contributed by atoms with Crippen molar-refractivity contribution in [2.75, 3.05) is 12.3 Å². The summed E-state index contributed by atoms with van der Waals surface area (Å²) in [6.07, 6.45) is 0.912. The number of nitrogens with zero attached hydrogens (tertiary/aromatic N) is 4. The molecular weight excluding hydrogens is 290 g/mol. The number of imidazole rings is 1. The first-order valence-corrected chi connectivity index (χ1v) is 6.12. The first kappa shape index (κ1) is 13.5. The molecule has 0 radical (unpaired) electrons. The van der Waals surface area contributed by atoms with Gasteiger partial charge >= 0.3 is 0 Å². The molecule has 0 amide bonds. The predicted molar refractivity (Wildman–Crippen MR) is 67.2 cm³/mol. The zero-order valence-electron chi connectivity index (χ0n) is 10.2. The van der Waals surface area contributed by atoms with Gasteiger partial charge in [0.2, 0.25) is 0 Å². The number of hydrogen-bond donors (Lipinski definition) is 3. The minimum absolute atomic E-state index is 0.0110. The summed E-state index contributed by atoms with van der Waals surface area (Å²) in [7, 11) is 0. The predicted octanol–water partition coefficient (Wildman–Crippen LogP) is -0.669. The Morgan fingerprint density at radius 3 is 3.00 bits per heavy atom. The van der Waals surface area contributed by atoms with Crippen molar-refractivity contribution in [2.45, 2.75) is 24.5 Å². The Morgan fingerprint density at radius 1 is 1.55 bits per heavy atom. The Morgan fingerprint density at radius 2 is 2.35 bits per heavy atom. The van der Waals surface area contributed by atoms with E-state index in [2.05, 4.69) is 15.0 Å². The van der Waals surface area contributed by atoms with E-state index >= 15 is 0 Å². The van der Waals surface area contributed by atoms with Crippen LogP contribution in [0.2, 0.25) is 0 Å². The van der Waals surface area contributed by atoms with Crippen LogP contribution in [0.25, 0.3) is 11.2 Å². The van der Waals surface area contributed by atoms with Crippen molar-refractivity contribution < 1.29 is 19.2 Å². The van der Waals surface area contributed by atoms with Crippen molar-refractivity contribution in [1.82, 2.24) is 19.5 Å². The summed E-state index contributed by atoms with van der Waals surface area (Å²) >= 11 is 5.54. The second kappa shape index (κ2) is 4.79. The quantitative estimate of drug-likeness (QED) is 0.681. The van der Waals surface area contributed by atoms with Crippen LogP contribution in [0.5, 0.6) is 0 Å². The third kappa shape index (κ3) is 1.83. The number of aromatic nitrogens is 4. The van der Waals surface area contributed by atoms with Crippen LogP contribution in [0.15, 0.2) is 12.7 Å². The smallest absolute Gasteiger partial charge is 0.278 e. The molecule has 4 N–H and O–H groups in total. The molecule has 1 aliphatic heterocycles. The van der Waals surface area contributed by atoms with Gasteiger partial charge in [0.25, 0.3) is 5.91 Å². The molecule has 1 aliphatic rings. The molecule has 3 atom stereocenters. The van der Waals surface area contributed by atoms with Crippen molar-refractivity contribution in [3.05, 3.63) is 12.7 Å². The average molecular weight is 302 g/mol. The molecule has 3 rings (SSSR count). The molecule has 0 saturated carbocycles. The van der Waals surface area contributed by atoms with Crippen LogP contribution in [0.1, 0.15) is 6.42 Å². The van der Waals surface area contributed by atoms with Crippen LogP contribution in [-0.4, -0.2) is 48.5 Å². The number of anilines is 1. The maximum Gasteiger partial charge on any atom is 0.278 e. The summed E-state index contributed by atoms with van der Waals surface area (Å²) in [5.41, 5.74) is 6.42. The number of fused-ring (bicyclic) bond motifs is 1. The third-order valence-corrected chi connectivity index (χ3v) is 3.50. The Bertz CT molecular complexity index is 637. The van der Waals surface area contributed by atoms with E-state index in [-0.39, 0.29) is 18.8 Å². The molecule has 20 heavy (non-hydrogen) atoms. The second-order valence-electron chi connectivity index (χ2n) is 4.45. The Kier molecular flexibility index (Phi) is 3.22. The molecule has 2 aromatic heterocycles. The molecule has 0 unspecified atom stereocenters. The van der Waals surface area contributed by atoms with Crippen LogP contribution >= 0.6 is 11.9 Å². The Balaban J connectivity index is 2.11. The van der Waals surface area contributed by atoms with E-state index in [9.17, 15) is 5.11 Å². The average Bonchev–Trinajstić information content (AvgIpc) is 3.01. The first-order valence-electron chi connectivity index (χ1n) is 5.82. The first-order chi connectivity index (χ1) is 9.61. The Labute approximate surface area is 118 Å². The normalized spacial score (nSPS) is 30.1. The molecule has 2 aromatic rings. The Hall–Kier alpha value is -1.52. The second-order valence-corrected chi connectivity index (χ2v) is 4.60. The lowest BCUT2D eigenvalue weighted by atomic mass is 10.2. The van der Waals surface area contributed by atoms with E-state index in [0.29, 0.717) is 11.2 Å². The minimum atomic E-state index is -1.51. The maximum absolute atomic E-state index is 9.87. The molecule has 108 valence electrons. The standard InChI is InChI=1S/C10H12ClN5O4/c11-20-10(1-5(18)6(2-17)19-10)16-4-15-7-8(12)13-3-14-9(7)16/h3-6,17-18H,1-2H2,(H2,12,13,14)/t5-,6+,10-/m0/s1. The van der Waals surface area contributed by atoms with E-state index in [0.717, 1.165) is 0 Å². The SMILES string of the molecule is Nc1ncnc2c1ncn2[C@@]1(OCl)C[C@H](O)[C@@H](CO)O1. The summed E-state index contributed by atoms with van der Waals surface area (Å²) in [6.45, 7) is -0.368. The molecule has 1 saturated heterocycles. The molecule has 0 bridgehead atoms. The summed E-state index contributed by atoms with van der Waals surface area (Å²) < 4.78 is 11.8. The molecule has 0 spiro atoms. The van der Waals surface area contributed by atoms with Gasteiger partial charge in [-0.15, -0.1) is 0 Å². The lowest BCUT2D eigenvalue weighted by Crippen LogP contribution is -2.34. The van der Waals surface area contributed by atoms with E-state index in [1.54, 1.807) is 0 Å². The maximum atomic E-state index is 9.87. The number of aliphatic hydroxyl groups excluding tert-OH is 2. The summed E-state index contributed by atoms with van der Waals surface area (Å²) in [6, 6.07) is 0. The van der Waals surface area contributed by atoms with Gasteiger partial charge in [0.05, 0.1) is 31.0 Å². The fourth-order valence-corrected chi connectivity index (χ4v) is 2.44. The fraction of sp³-hybridized carbons (Fsp3) is 0.500. The van der Waals surface area contributed by atoms with Crippen LogP contribution in [0, 0.1) is 0 Å². The van der Waals surface area contributed by atoms with Crippen molar-refractivity contribution in [3.8, 4) is 0 Å². The van der Waals surface area contributed by atoms with E-state index in [1.807, 2.05) is 0 Å². The van der Waals surface area contributed by atoms with Gasteiger partial charge in [0, 0.05) is 0 Å². The van der Waals surface area contributed by atoms with Crippen LogP contribution < -0.4 is 5.73 Å². The van der Waals surface area contributed by atoms with E-state index in [4.69, 9.17) is 31.7 Å². The van der Waals surface area contributed by atoms with Crippen molar-refractivity contribution in [2.24, 2.45) is 0 Å². The zero-order valence-corrected chi connectivity index (χ0v) is 10.9. The lowest BCUT2D eigenvalue weighted by molar-refractivity contribution is -0.233. The molecule has 1 fully saturated rings. The summed E-state index contributed by atoms with van der Waals surface area (Å²) in [5, 5.41) is 19.0. The van der Waals surface area contributed by atoms with Gasteiger partial charge in [-0.3, -0.25) is 4.57 Å². The van der Waals surface area contributed by atoms with Gasteiger partial charge in [0.15, 0.2) is 11.5 Å². The number of rotatable bonds is 3. The van der Waals surface area contributed by atoms with Gasteiger partial charge in [0.1, 0.15) is 24.3 Å². The lowest BCUT2D eigenvalue weighted by Gasteiger charge is -2.26. The highest BCUT2D eigenvalue weighted by molar-refractivity contribution is 6.07. The molecular formula is C10H12ClN5O4. The van der Waals surface area contributed by atoms with Crippen molar-refractivity contribution >= 4 is 28.8 Å². The van der Waals surface area contributed by atoms with Gasteiger partial charge in [-0.25, -0.2) is 19.2 Å².